The molecule has 0 aliphatic heterocycles. The zero-order chi connectivity index (χ0) is 14.9. The van der Waals surface area contributed by atoms with Gasteiger partial charge in [-0.15, -0.1) is 0 Å². The quantitative estimate of drug-likeness (QED) is 0.744. The van der Waals surface area contributed by atoms with Crippen LogP contribution in [0.5, 0.6) is 6.01 Å². The Labute approximate surface area is 128 Å². The molecule has 0 spiro atoms. The van der Waals surface area contributed by atoms with Gasteiger partial charge in [-0.2, -0.15) is 15.0 Å². The fourth-order valence-corrected chi connectivity index (χ4v) is 2.02. The minimum Gasteiger partial charge on any atom is -0.463 e. The van der Waals surface area contributed by atoms with Crippen LogP contribution < -0.4 is 10.1 Å². The molecule has 0 bridgehead atoms. The van der Waals surface area contributed by atoms with Crippen LogP contribution in [0, 0.1) is 0 Å². The lowest BCUT2D eigenvalue weighted by Crippen LogP contribution is -2.09. The molecule has 2 rings (SSSR count). The third-order valence-electron chi connectivity index (χ3n) is 2.29. The summed E-state index contributed by atoms with van der Waals surface area (Å²) in [4.78, 5) is 21.2. The van der Waals surface area contributed by atoms with Crippen LogP contribution in [0.2, 0.25) is 0 Å². The van der Waals surface area contributed by atoms with Crippen molar-refractivity contribution in [1.29, 1.82) is 0 Å². The second kappa shape index (κ2) is 8.35. The molecule has 21 heavy (non-hydrogen) atoms. The van der Waals surface area contributed by atoms with E-state index in [2.05, 4.69) is 37.2 Å². The van der Waals surface area contributed by atoms with Gasteiger partial charge in [0.05, 0.1) is 6.61 Å². The zero-order valence-electron chi connectivity index (χ0n) is 12.1. The first-order valence-electron chi connectivity index (χ1n) is 6.89. The topological polar surface area (TPSA) is 85.7 Å². The van der Waals surface area contributed by atoms with Gasteiger partial charge in [0.15, 0.2) is 5.16 Å². The predicted molar refractivity (Wildman–Crippen MR) is 80.5 cm³/mol. The molecule has 112 valence electrons. The number of rotatable bonds is 8. The van der Waals surface area contributed by atoms with Gasteiger partial charge in [-0.05, 0) is 30.7 Å². The number of nitrogens with zero attached hydrogens (tertiary/aromatic N) is 5. The van der Waals surface area contributed by atoms with Crippen molar-refractivity contribution >= 4 is 17.7 Å². The van der Waals surface area contributed by atoms with Crippen molar-refractivity contribution in [2.24, 2.45) is 0 Å². The van der Waals surface area contributed by atoms with Gasteiger partial charge >= 0.3 is 6.01 Å². The van der Waals surface area contributed by atoms with Crippen molar-refractivity contribution in [3.05, 3.63) is 18.5 Å². The molecule has 8 heteroatoms. The molecule has 0 aromatic carbocycles. The molecule has 0 aliphatic carbocycles. The summed E-state index contributed by atoms with van der Waals surface area (Å²) in [6.07, 6.45) is 5.25. The van der Waals surface area contributed by atoms with E-state index in [4.69, 9.17) is 4.74 Å². The molecule has 2 aromatic rings. The summed E-state index contributed by atoms with van der Waals surface area (Å²) >= 11 is 1.28. The highest BCUT2D eigenvalue weighted by atomic mass is 32.2. The molecule has 0 amide bonds. The summed E-state index contributed by atoms with van der Waals surface area (Å²) in [6.45, 7) is 5.48. The van der Waals surface area contributed by atoms with E-state index < -0.39 is 0 Å². The Bertz CT molecular complexity index is 527. The highest BCUT2D eigenvalue weighted by Gasteiger charge is 2.10. The third kappa shape index (κ3) is 5.14. The van der Waals surface area contributed by atoms with Gasteiger partial charge in [-0.1, -0.05) is 13.8 Å². The standard InChI is InChI=1S/C13H18N6OS/c1-3-6-14-10-17-11(20-9-4-2)19-13(18-10)21-12-15-7-5-8-16-12/h5,7-8H,3-4,6,9H2,1-2H3,(H,14,17,18,19). The number of anilines is 1. The monoisotopic (exact) mass is 306 g/mol. The van der Waals surface area contributed by atoms with Crippen molar-refractivity contribution in [2.75, 3.05) is 18.5 Å². The molecule has 7 nitrogen and oxygen atoms in total. The van der Waals surface area contributed by atoms with Gasteiger partial charge in [0, 0.05) is 18.9 Å². The fourth-order valence-electron chi connectivity index (χ4n) is 1.38. The summed E-state index contributed by atoms with van der Waals surface area (Å²) in [7, 11) is 0. The van der Waals surface area contributed by atoms with Crippen LogP contribution in [0.4, 0.5) is 5.95 Å². The molecule has 0 radical (unpaired) electrons. The second-order valence-electron chi connectivity index (χ2n) is 4.13. The minimum atomic E-state index is 0.323. The predicted octanol–water partition coefficient (Wildman–Crippen LogP) is 2.42. The van der Waals surface area contributed by atoms with Gasteiger partial charge in [0.2, 0.25) is 11.1 Å². The molecule has 2 aromatic heterocycles. The number of nitrogens with one attached hydrogen (secondary N) is 1. The molecule has 0 aliphatic rings. The fraction of sp³-hybridized carbons (Fsp3) is 0.462. The van der Waals surface area contributed by atoms with E-state index in [1.54, 1.807) is 18.5 Å². The van der Waals surface area contributed by atoms with Crippen LogP contribution in [0.25, 0.3) is 0 Å². The molecule has 1 N–H and O–H groups in total. The SMILES string of the molecule is CCCNc1nc(OCCC)nc(Sc2ncccn2)n1. The Morgan fingerprint density at radius 1 is 1.05 bits per heavy atom. The maximum absolute atomic E-state index is 5.50. The molecule has 0 fully saturated rings. The minimum absolute atomic E-state index is 0.323. The number of hydrogen-bond acceptors (Lipinski definition) is 8. The van der Waals surface area contributed by atoms with Crippen LogP contribution in [-0.2, 0) is 0 Å². The van der Waals surface area contributed by atoms with Crippen LogP contribution in [-0.4, -0.2) is 38.1 Å². The van der Waals surface area contributed by atoms with Crippen LogP contribution >= 0.6 is 11.8 Å². The molecule has 0 saturated carbocycles. The van der Waals surface area contributed by atoms with E-state index in [9.17, 15) is 0 Å². The number of ether oxygens (including phenoxy) is 1. The van der Waals surface area contributed by atoms with Crippen LogP contribution in [0.3, 0.4) is 0 Å². The highest BCUT2D eigenvalue weighted by molar-refractivity contribution is 7.99. The Morgan fingerprint density at radius 3 is 2.57 bits per heavy atom. The zero-order valence-corrected chi connectivity index (χ0v) is 12.9. The molecule has 2 heterocycles. The van der Waals surface area contributed by atoms with Crippen molar-refractivity contribution in [3.63, 3.8) is 0 Å². The lowest BCUT2D eigenvalue weighted by Gasteiger charge is -2.08. The van der Waals surface area contributed by atoms with Crippen molar-refractivity contribution in [3.8, 4) is 6.01 Å². The van der Waals surface area contributed by atoms with Crippen LogP contribution in [0.1, 0.15) is 26.7 Å². The summed E-state index contributed by atoms with van der Waals surface area (Å²) < 4.78 is 5.50. The Kier molecular flexibility index (Phi) is 6.14. The lowest BCUT2D eigenvalue weighted by atomic mass is 10.5. The van der Waals surface area contributed by atoms with E-state index in [0.29, 0.717) is 28.9 Å². The Morgan fingerprint density at radius 2 is 1.86 bits per heavy atom. The number of aromatic nitrogens is 5. The molecule has 0 atom stereocenters. The number of hydrogen-bond donors (Lipinski definition) is 1. The smallest absolute Gasteiger partial charge is 0.322 e. The Balaban J connectivity index is 2.17. The average molecular weight is 306 g/mol. The second-order valence-corrected chi connectivity index (χ2v) is 5.07. The first-order valence-corrected chi connectivity index (χ1v) is 7.71. The molecular formula is C13H18N6OS. The maximum atomic E-state index is 5.50. The van der Waals surface area contributed by atoms with Crippen LogP contribution in [0.15, 0.2) is 28.8 Å². The first-order chi connectivity index (χ1) is 10.3. The van der Waals surface area contributed by atoms with E-state index in [-0.39, 0.29) is 0 Å². The largest absolute Gasteiger partial charge is 0.463 e. The molecule has 0 unspecified atom stereocenters. The van der Waals surface area contributed by atoms with E-state index in [1.165, 1.54) is 11.8 Å². The highest BCUT2D eigenvalue weighted by Crippen LogP contribution is 2.22. The first kappa shape index (κ1) is 15.4. The maximum Gasteiger partial charge on any atom is 0.322 e. The average Bonchev–Trinajstić information content (AvgIpc) is 2.52. The van der Waals surface area contributed by atoms with Gasteiger partial charge in [0.25, 0.3) is 0 Å². The Hall–Kier alpha value is -1.96. The van der Waals surface area contributed by atoms with Crippen molar-refractivity contribution < 1.29 is 4.74 Å². The normalized spacial score (nSPS) is 10.4. The van der Waals surface area contributed by atoms with E-state index in [0.717, 1.165) is 19.4 Å². The lowest BCUT2D eigenvalue weighted by molar-refractivity contribution is 0.288. The third-order valence-corrected chi connectivity index (χ3v) is 3.05. The summed E-state index contributed by atoms with van der Waals surface area (Å²) in [6, 6.07) is 2.09. The van der Waals surface area contributed by atoms with E-state index >= 15 is 0 Å². The molecule has 0 saturated heterocycles. The summed E-state index contributed by atoms with van der Waals surface area (Å²) in [5, 5.41) is 4.25. The van der Waals surface area contributed by atoms with Crippen molar-refractivity contribution in [1.82, 2.24) is 24.9 Å². The van der Waals surface area contributed by atoms with Gasteiger partial charge in [-0.25, -0.2) is 9.97 Å². The summed E-state index contributed by atoms with van der Waals surface area (Å²) in [5.74, 6) is 0.511. The van der Waals surface area contributed by atoms with Crippen molar-refractivity contribution in [2.45, 2.75) is 37.0 Å². The van der Waals surface area contributed by atoms with E-state index in [1.807, 2.05) is 6.92 Å². The summed E-state index contributed by atoms with van der Waals surface area (Å²) in [5.41, 5.74) is 0. The van der Waals surface area contributed by atoms with Gasteiger partial charge in [0.1, 0.15) is 0 Å². The molecular weight excluding hydrogens is 288 g/mol. The van der Waals surface area contributed by atoms with Gasteiger partial charge in [-0.3, -0.25) is 0 Å². The van der Waals surface area contributed by atoms with Gasteiger partial charge < -0.3 is 10.1 Å².